The summed E-state index contributed by atoms with van der Waals surface area (Å²) >= 11 is 2.17. The molecule has 0 bridgehead atoms. The zero-order valence-electron chi connectivity index (χ0n) is 19.2. The zero-order chi connectivity index (χ0) is 25.1. The number of hydrogen-bond acceptors (Lipinski definition) is 6. The van der Waals surface area contributed by atoms with Crippen LogP contribution < -0.4 is 15.1 Å². The average molecular weight is 512 g/mol. The van der Waals surface area contributed by atoms with Crippen molar-refractivity contribution in [2.75, 3.05) is 10.2 Å². The van der Waals surface area contributed by atoms with Crippen molar-refractivity contribution in [1.82, 2.24) is 4.57 Å². The molecule has 2 aliphatic rings. The Morgan fingerprint density at radius 2 is 1.69 bits per heavy atom. The molecule has 0 radical (unpaired) electrons. The topological polar surface area (TPSA) is 88.5 Å². The van der Waals surface area contributed by atoms with Gasteiger partial charge in [0.15, 0.2) is 0 Å². The highest BCUT2D eigenvalue weighted by atomic mass is 32.2. The van der Waals surface area contributed by atoms with Crippen molar-refractivity contribution >= 4 is 52.2 Å². The first-order valence-electron chi connectivity index (χ1n) is 11.0. The molecule has 0 unspecified atom stereocenters. The van der Waals surface area contributed by atoms with E-state index in [2.05, 4.69) is 5.32 Å². The second-order valence-electron chi connectivity index (χ2n) is 9.23. The van der Waals surface area contributed by atoms with Crippen LogP contribution in [0.25, 0.3) is 0 Å². The third kappa shape index (κ3) is 3.90. The van der Waals surface area contributed by atoms with E-state index in [0.29, 0.717) is 21.3 Å². The number of halogens is 1. The summed E-state index contributed by atoms with van der Waals surface area (Å²) in [6, 6.07) is 12.5. The molecule has 1 fully saturated rings. The van der Waals surface area contributed by atoms with E-state index >= 15 is 0 Å². The SMILES string of the molecule is Cc1ccc(N2C(=O)[C@H]3Sc4c(sc(=O)n4CC(=O)Nc4ccc(F)cc4)C(C)(C)[C@H]3C2=O)cc1. The Kier molecular flexibility index (Phi) is 5.68. The molecule has 3 amide bonds. The van der Waals surface area contributed by atoms with Crippen LogP contribution in [0.1, 0.15) is 24.3 Å². The summed E-state index contributed by atoms with van der Waals surface area (Å²) in [5.74, 6) is -2.11. The number of thiazole rings is 1. The second kappa shape index (κ2) is 8.46. The Labute approximate surface area is 208 Å². The van der Waals surface area contributed by atoms with E-state index < -0.39 is 28.3 Å². The zero-order valence-corrected chi connectivity index (χ0v) is 20.8. The van der Waals surface area contributed by atoms with E-state index in [1.165, 1.54) is 45.5 Å². The van der Waals surface area contributed by atoms with E-state index in [0.717, 1.165) is 16.9 Å². The molecule has 3 heterocycles. The second-order valence-corrected chi connectivity index (χ2v) is 11.3. The molecule has 35 heavy (non-hydrogen) atoms. The molecule has 7 nitrogen and oxygen atoms in total. The summed E-state index contributed by atoms with van der Waals surface area (Å²) < 4.78 is 14.5. The van der Waals surface area contributed by atoms with Crippen molar-refractivity contribution < 1.29 is 18.8 Å². The number of benzene rings is 2. The van der Waals surface area contributed by atoms with Crippen LogP contribution in [-0.2, 0) is 26.3 Å². The van der Waals surface area contributed by atoms with Crippen molar-refractivity contribution in [3.63, 3.8) is 0 Å². The van der Waals surface area contributed by atoms with Crippen molar-refractivity contribution in [3.05, 3.63) is 74.5 Å². The molecule has 0 spiro atoms. The van der Waals surface area contributed by atoms with Gasteiger partial charge in [-0.25, -0.2) is 9.29 Å². The molecular formula is C25H22FN3O4S2. The molecule has 180 valence electrons. The van der Waals surface area contributed by atoms with Gasteiger partial charge in [-0.2, -0.15) is 0 Å². The lowest BCUT2D eigenvalue weighted by Gasteiger charge is -2.36. The van der Waals surface area contributed by atoms with Crippen LogP contribution in [0.2, 0.25) is 0 Å². The summed E-state index contributed by atoms with van der Waals surface area (Å²) in [6.07, 6.45) is 0. The Balaban J connectivity index is 1.46. The Morgan fingerprint density at radius 1 is 1.03 bits per heavy atom. The molecule has 1 N–H and O–H groups in total. The molecule has 5 rings (SSSR count). The van der Waals surface area contributed by atoms with Gasteiger partial charge in [0, 0.05) is 16.0 Å². The lowest BCUT2D eigenvalue weighted by molar-refractivity contribution is -0.123. The number of fused-ring (bicyclic) bond motifs is 2. The van der Waals surface area contributed by atoms with E-state index in [9.17, 15) is 23.6 Å². The number of amides is 3. The van der Waals surface area contributed by atoms with Crippen LogP contribution in [0, 0.1) is 18.7 Å². The number of nitrogens with zero attached hydrogens (tertiary/aromatic N) is 2. The summed E-state index contributed by atoms with van der Waals surface area (Å²) in [4.78, 5) is 54.1. The highest BCUT2D eigenvalue weighted by Gasteiger charge is 2.59. The molecule has 2 aromatic carbocycles. The molecule has 0 aliphatic carbocycles. The molecule has 2 aliphatic heterocycles. The largest absolute Gasteiger partial charge is 0.325 e. The van der Waals surface area contributed by atoms with Crippen molar-refractivity contribution in [3.8, 4) is 0 Å². The van der Waals surface area contributed by atoms with Crippen molar-refractivity contribution in [2.24, 2.45) is 5.92 Å². The Morgan fingerprint density at radius 3 is 2.34 bits per heavy atom. The highest BCUT2D eigenvalue weighted by Crippen LogP contribution is 2.54. The van der Waals surface area contributed by atoms with Gasteiger partial charge >= 0.3 is 4.87 Å². The molecule has 1 saturated heterocycles. The molecular weight excluding hydrogens is 489 g/mol. The molecule has 0 saturated carbocycles. The van der Waals surface area contributed by atoms with Crippen LogP contribution in [0.5, 0.6) is 0 Å². The summed E-state index contributed by atoms with van der Waals surface area (Å²) in [5.41, 5.74) is 1.17. The van der Waals surface area contributed by atoms with Crippen LogP contribution in [0.3, 0.4) is 0 Å². The molecule has 10 heteroatoms. The minimum atomic E-state index is -0.778. The smallest absolute Gasteiger partial charge is 0.308 e. The first kappa shape index (κ1) is 23.5. The number of aromatic nitrogens is 1. The first-order chi connectivity index (χ1) is 16.6. The van der Waals surface area contributed by atoms with Gasteiger partial charge in [0.25, 0.3) is 0 Å². The van der Waals surface area contributed by atoms with E-state index in [1.54, 1.807) is 12.1 Å². The van der Waals surface area contributed by atoms with Gasteiger partial charge in [-0.1, -0.05) is 54.6 Å². The third-order valence-corrected chi connectivity index (χ3v) is 9.25. The standard InChI is InChI=1S/C25H22FN3O4S2/c1-13-4-10-16(11-5-13)29-21(31)18-19(22(29)32)34-23-20(25(18,2)3)35-24(33)28(23)12-17(30)27-15-8-6-14(26)7-9-15/h4-11,18-19H,12H2,1-3H3,(H,27,30)/t18-,19+/m1/s1. The Hall–Kier alpha value is -3.24. The average Bonchev–Trinajstić information content (AvgIpc) is 3.25. The monoisotopic (exact) mass is 511 g/mol. The van der Waals surface area contributed by atoms with E-state index in [-0.39, 0.29) is 23.2 Å². The predicted octanol–water partition coefficient (Wildman–Crippen LogP) is 3.94. The third-order valence-electron chi connectivity index (χ3n) is 6.43. The van der Waals surface area contributed by atoms with E-state index in [1.807, 2.05) is 32.9 Å². The maximum Gasteiger partial charge on any atom is 0.308 e. The maximum atomic E-state index is 13.5. The summed E-state index contributed by atoms with van der Waals surface area (Å²) in [5, 5.41) is 2.49. The first-order valence-corrected chi connectivity index (χ1v) is 12.7. The van der Waals surface area contributed by atoms with Gasteiger partial charge < -0.3 is 5.32 Å². The number of carbonyl (C=O) groups excluding carboxylic acids is 3. The van der Waals surface area contributed by atoms with Gasteiger partial charge in [-0.05, 0) is 43.3 Å². The number of hydrogen-bond donors (Lipinski definition) is 1. The number of thioether (sulfide) groups is 1. The van der Waals surface area contributed by atoms with Crippen LogP contribution >= 0.6 is 23.1 Å². The number of anilines is 2. The lowest BCUT2D eigenvalue weighted by Crippen LogP contribution is -2.41. The van der Waals surface area contributed by atoms with Crippen molar-refractivity contribution in [2.45, 2.75) is 43.0 Å². The van der Waals surface area contributed by atoms with Gasteiger partial charge in [0.2, 0.25) is 17.7 Å². The molecule has 3 aromatic rings. The Bertz CT molecular complexity index is 1410. The highest BCUT2D eigenvalue weighted by molar-refractivity contribution is 8.00. The van der Waals surface area contributed by atoms with Crippen LogP contribution in [0.4, 0.5) is 15.8 Å². The predicted molar refractivity (Wildman–Crippen MR) is 133 cm³/mol. The minimum Gasteiger partial charge on any atom is -0.325 e. The minimum absolute atomic E-state index is 0.258. The number of carbonyl (C=O) groups is 3. The van der Waals surface area contributed by atoms with Crippen LogP contribution in [-0.4, -0.2) is 27.5 Å². The van der Waals surface area contributed by atoms with Gasteiger partial charge in [0.05, 0.1) is 16.6 Å². The van der Waals surface area contributed by atoms with Gasteiger partial charge in [-0.3, -0.25) is 23.7 Å². The molecule has 1 aromatic heterocycles. The fourth-order valence-corrected chi connectivity index (χ4v) is 7.63. The summed E-state index contributed by atoms with van der Waals surface area (Å²) in [6.45, 7) is 5.41. The number of aryl methyl sites for hydroxylation is 1. The van der Waals surface area contributed by atoms with Crippen LogP contribution in [0.15, 0.2) is 58.4 Å². The van der Waals surface area contributed by atoms with Gasteiger partial charge in [-0.15, -0.1) is 0 Å². The van der Waals surface area contributed by atoms with E-state index in [4.69, 9.17) is 0 Å². The quantitative estimate of drug-likeness (QED) is 0.536. The molecule has 2 atom stereocenters. The number of nitrogens with one attached hydrogen (secondary N) is 1. The fraction of sp³-hybridized carbons (Fsp3) is 0.280. The fourth-order valence-electron chi connectivity index (χ4n) is 4.59. The van der Waals surface area contributed by atoms with Gasteiger partial charge in [0.1, 0.15) is 17.6 Å². The lowest BCUT2D eigenvalue weighted by atomic mass is 9.76. The normalized spacial score (nSPS) is 20.5. The number of imide groups is 1. The number of rotatable bonds is 4. The summed E-state index contributed by atoms with van der Waals surface area (Å²) in [7, 11) is 0. The van der Waals surface area contributed by atoms with Crippen molar-refractivity contribution in [1.29, 1.82) is 0 Å². The maximum absolute atomic E-state index is 13.5.